The molecule has 0 aliphatic rings. The highest BCUT2D eigenvalue weighted by molar-refractivity contribution is 7.98. The quantitative estimate of drug-likeness (QED) is 0.547. The van der Waals surface area contributed by atoms with Gasteiger partial charge in [0.15, 0.2) is 0 Å². The molecular weight excluding hydrogens is 428 g/mol. The van der Waals surface area contributed by atoms with Crippen molar-refractivity contribution in [2.45, 2.75) is 26.0 Å². The molecule has 2 aromatic carbocycles. The third-order valence-electron chi connectivity index (χ3n) is 4.29. The van der Waals surface area contributed by atoms with Crippen LogP contribution in [0.25, 0.3) is 0 Å². The number of sulfonamides is 1. The zero-order valence-corrected chi connectivity index (χ0v) is 19.3. The largest absolute Gasteiger partial charge is 0.354 e. The molecule has 158 valence electrons. The third-order valence-corrected chi connectivity index (χ3v) is 6.77. The molecule has 0 fully saturated rings. The van der Waals surface area contributed by atoms with Gasteiger partial charge in [0.2, 0.25) is 15.9 Å². The van der Waals surface area contributed by atoms with E-state index in [1.54, 1.807) is 25.1 Å². The number of thioether (sulfide) groups is 1. The highest BCUT2D eigenvalue weighted by atomic mass is 35.5. The van der Waals surface area contributed by atoms with Gasteiger partial charge in [0.25, 0.3) is 0 Å². The average molecular weight is 455 g/mol. The summed E-state index contributed by atoms with van der Waals surface area (Å²) in [5.74, 6) is 1.53. The number of aryl methyl sites for hydroxylation is 2. The zero-order valence-electron chi connectivity index (χ0n) is 16.9. The number of halogens is 1. The Morgan fingerprint density at radius 3 is 2.45 bits per heavy atom. The fourth-order valence-corrected chi connectivity index (χ4v) is 4.80. The first-order valence-electron chi connectivity index (χ1n) is 9.30. The molecule has 2 aromatic rings. The first-order chi connectivity index (χ1) is 13.7. The second-order valence-electron chi connectivity index (χ2n) is 6.94. The number of carbonyl (C=O) groups is 1. The van der Waals surface area contributed by atoms with Crippen LogP contribution in [0.5, 0.6) is 0 Å². The highest BCUT2D eigenvalue weighted by Gasteiger charge is 2.22. The SMILES string of the molecule is Cc1ccc(CSCCCNC(=O)CN(c2ccc(Cl)cc2C)S(C)(=O)=O)cc1. The average Bonchev–Trinajstić information content (AvgIpc) is 2.64. The zero-order chi connectivity index (χ0) is 21.4. The van der Waals surface area contributed by atoms with Gasteiger partial charge in [0.1, 0.15) is 6.54 Å². The summed E-state index contributed by atoms with van der Waals surface area (Å²) in [7, 11) is -3.60. The Kier molecular flexibility index (Phi) is 8.86. The first-order valence-corrected chi connectivity index (χ1v) is 12.7. The summed E-state index contributed by atoms with van der Waals surface area (Å²) in [5.41, 5.74) is 3.69. The van der Waals surface area contributed by atoms with E-state index in [0.29, 0.717) is 22.8 Å². The number of hydrogen-bond acceptors (Lipinski definition) is 4. The van der Waals surface area contributed by atoms with Gasteiger partial charge in [0.05, 0.1) is 11.9 Å². The van der Waals surface area contributed by atoms with Gasteiger partial charge < -0.3 is 5.32 Å². The minimum absolute atomic E-state index is 0.252. The fraction of sp³-hybridized carbons (Fsp3) is 0.381. The van der Waals surface area contributed by atoms with Crippen molar-refractivity contribution in [2.75, 3.05) is 29.4 Å². The maximum Gasteiger partial charge on any atom is 0.240 e. The molecule has 1 amide bonds. The molecule has 1 N–H and O–H groups in total. The molecule has 0 aliphatic carbocycles. The molecule has 0 aliphatic heterocycles. The summed E-state index contributed by atoms with van der Waals surface area (Å²) in [6.45, 7) is 4.09. The number of carbonyl (C=O) groups excluding carboxylic acids is 1. The van der Waals surface area contributed by atoms with Crippen LogP contribution < -0.4 is 9.62 Å². The van der Waals surface area contributed by atoms with Gasteiger partial charge in [-0.25, -0.2) is 8.42 Å². The van der Waals surface area contributed by atoms with Gasteiger partial charge in [-0.3, -0.25) is 9.10 Å². The lowest BCUT2D eigenvalue weighted by Gasteiger charge is -2.23. The fourth-order valence-electron chi connectivity index (χ4n) is 2.74. The Labute approximate surface area is 182 Å². The molecule has 0 bridgehead atoms. The number of rotatable bonds is 10. The van der Waals surface area contributed by atoms with Crippen LogP contribution in [0.4, 0.5) is 5.69 Å². The molecule has 0 heterocycles. The summed E-state index contributed by atoms with van der Waals surface area (Å²) in [5, 5.41) is 3.33. The van der Waals surface area contributed by atoms with Crippen molar-refractivity contribution in [2.24, 2.45) is 0 Å². The summed E-state index contributed by atoms with van der Waals surface area (Å²) in [4.78, 5) is 12.3. The van der Waals surface area contributed by atoms with E-state index < -0.39 is 10.0 Å². The summed E-state index contributed by atoms with van der Waals surface area (Å²) in [6.07, 6.45) is 1.91. The predicted molar refractivity (Wildman–Crippen MR) is 123 cm³/mol. The van der Waals surface area contributed by atoms with Gasteiger partial charge in [-0.1, -0.05) is 41.4 Å². The van der Waals surface area contributed by atoms with E-state index >= 15 is 0 Å². The Morgan fingerprint density at radius 1 is 1.14 bits per heavy atom. The van der Waals surface area contributed by atoms with Crippen molar-refractivity contribution >= 4 is 45.0 Å². The lowest BCUT2D eigenvalue weighted by atomic mass is 10.2. The lowest BCUT2D eigenvalue weighted by molar-refractivity contribution is -0.119. The van der Waals surface area contributed by atoms with Crippen LogP contribution in [0.2, 0.25) is 5.02 Å². The molecular formula is C21H27ClN2O3S2. The number of anilines is 1. The van der Waals surface area contributed by atoms with E-state index in [1.807, 2.05) is 11.8 Å². The number of nitrogens with one attached hydrogen (secondary N) is 1. The molecule has 2 rings (SSSR count). The van der Waals surface area contributed by atoms with Gasteiger partial charge in [-0.15, -0.1) is 0 Å². The standard InChI is InChI=1S/C21H27ClN2O3S2/c1-16-5-7-18(8-6-16)15-28-12-4-11-23-21(25)14-24(29(3,26)27)20-10-9-19(22)13-17(20)2/h5-10,13H,4,11-12,14-15H2,1-3H3,(H,23,25). The van der Waals surface area contributed by atoms with Crippen molar-refractivity contribution < 1.29 is 13.2 Å². The molecule has 0 atom stereocenters. The van der Waals surface area contributed by atoms with E-state index in [0.717, 1.165) is 28.5 Å². The molecule has 0 radical (unpaired) electrons. The van der Waals surface area contributed by atoms with E-state index in [1.165, 1.54) is 11.1 Å². The second kappa shape index (κ2) is 10.9. The molecule has 5 nitrogen and oxygen atoms in total. The third kappa shape index (κ3) is 7.91. The second-order valence-corrected chi connectivity index (χ2v) is 10.4. The predicted octanol–water partition coefficient (Wildman–Crippen LogP) is 4.16. The van der Waals surface area contributed by atoms with Crippen molar-refractivity contribution in [3.05, 3.63) is 64.2 Å². The summed E-state index contributed by atoms with van der Waals surface area (Å²) >= 11 is 7.76. The van der Waals surface area contributed by atoms with Crippen molar-refractivity contribution in [1.29, 1.82) is 0 Å². The molecule has 0 spiro atoms. The normalized spacial score (nSPS) is 11.3. The number of benzene rings is 2. The monoisotopic (exact) mass is 454 g/mol. The van der Waals surface area contributed by atoms with Crippen LogP contribution in [0.3, 0.4) is 0 Å². The number of amides is 1. The van der Waals surface area contributed by atoms with E-state index in [4.69, 9.17) is 11.6 Å². The maximum absolute atomic E-state index is 12.3. The Morgan fingerprint density at radius 2 is 1.83 bits per heavy atom. The molecule has 0 saturated heterocycles. The van der Waals surface area contributed by atoms with Crippen molar-refractivity contribution in [3.8, 4) is 0 Å². The molecule has 0 unspecified atom stereocenters. The van der Waals surface area contributed by atoms with E-state index in [9.17, 15) is 13.2 Å². The number of nitrogens with zero attached hydrogens (tertiary/aromatic N) is 1. The lowest BCUT2D eigenvalue weighted by Crippen LogP contribution is -2.41. The minimum Gasteiger partial charge on any atom is -0.354 e. The van der Waals surface area contributed by atoms with Crippen LogP contribution in [0, 0.1) is 13.8 Å². The van der Waals surface area contributed by atoms with Crippen molar-refractivity contribution in [1.82, 2.24) is 5.32 Å². The Bertz CT molecular complexity index is 931. The van der Waals surface area contributed by atoms with E-state index in [2.05, 4.69) is 36.5 Å². The van der Waals surface area contributed by atoms with Crippen LogP contribution in [0.1, 0.15) is 23.1 Å². The van der Waals surface area contributed by atoms with Gasteiger partial charge in [-0.05, 0) is 55.3 Å². The van der Waals surface area contributed by atoms with Crippen LogP contribution in [0.15, 0.2) is 42.5 Å². The minimum atomic E-state index is -3.60. The summed E-state index contributed by atoms with van der Waals surface area (Å²) < 4.78 is 25.5. The maximum atomic E-state index is 12.3. The van der Waals surface area contributed by atoms with Gasteiger partial charge >= 0.3 is 0 Å². The van der Waals surface area contributed by atoms with E-state index in [-0.39, 0.29) is 12.5 Å². The van der Waals surface area contributed by atoms with Crippen LogP contribution in [-0.4, -0.2) is 39.4 Å². The molecule has 8 heteroatoms. The van der Waals surface area contributed by atoms with Crippen molar-refractivity contribution in [3.63, 3.8) is 0 Å². The first kappa shape index (κ1) is 23.6. The molecule has 0 saturated carbocycles. The highest BCUT2D eigenvalue weighted by Crippen LogP contribution is 2.25. The Balaban J connectivity index is 1.79. The smallest absolute Gasteiger partial charge is 0.240 e. The molecule has 29 heavy (non-hydrogen) atoms. The van der Waals surface area contributed by atoms with Gasteiger partial charge in [-0.2, -0.15) is 11.8 Å². The number of hydrogen-bond donors (Lipinski definition) is 1. The molecule has 0 aromatic heterocycles. The van der Waals surface area contributed by atoms with Crippen LogP contribution >= 0.6 is 23.4 Å². The van der Waals surface area contributed by atoms with Crippen LogP contribution in [-0.2, 0) is 20.6 Å². The van der Waals surface area contributed by atoms with Gasteiger partial charge in [0, 0.05) is 17.3 Å². The summed E-state index contributed by atoms with van der Waals surface area (Å²) in [6, 6.07) is 13.4. The topological polar surface area (TPSA) is 66.5 Å². The Hall–Kier alpha value is -1.70.